The van der Waals surface area contributed by atoms with Crippen LogP contribution in [-0.4, -0.2) is 60.1 Å². The Labute approximate surface area is 204 Å². The van der Waals surface area contributed by atoms with Crippen LogP contribution in [-0.2, 0) is 11.3 Å². The number of likely N-dealkylation sites (tertiary alicyclic amines) is 1. The van der Waals surface area contributed by atoms with Crippen molar-refractivity contribution in [2.75, 3.05) is 38.7 Å². The Morgan fingerprint density at radius 3 is 2.60 bits per heavy atom. The summed E-state index contributed by atoms with van der Waals surface area (Å²) in [5.41, 5.74) is 3.80. The van der Waals surface area contributed by atoms with E-state index in [0.29, 0.717) is 49.7 Å². The molecule has 0 aliphatic carbocycles. The quantitative estimate of drug-likeness (QED) is 0.499. The summed E-state index contributed by atoms with van der Waals surface area (Å²) in [6.07, 6.45) is 0. The van der Waals surface area contributed by atoms with E-state index < -0.39 is 11.6 Å². The average molecular weight is 484 g/mol. The SMILES string of the molecule is CCn1nc(C)c(NC(=O)N[C@@H]2CN(CCOC)C[C@H]2c2ccc(F)c(F)c2)c1-c1ccccc1. The van der Waals surface area contributed by atoms with Crippen molar-refractivity contribution in [1.82, 2.24) is 20.0 Å². The van der Waals surface area contributed by atoms with Gasteiger partial charge in [-0.25, -0.2) is 13.6 Å². The van der Waals surface area contributed by atoms with E-state index in [1.54, 1.807) is 13.2 Å². The monoisotopic (exact) mass is 483 g/mol. The Balaban J connectivity index is 1.56. The summed E-state index contributed by atoms with van der Waals surface area (Å²) in [5, 5.41) is 10.7. The number of anilines is 1. The van der Waals surface area contributed by atoms with E-state index in [-0.39, 0.29) is 18.0 Å². The summed E-state index contributed by atoms with van der Waals surface area (Å²) >= 11 is 0. The maximum absolute atomic E-state index is 14.0. The number of nitrogens with zero attached hydrogens (tertiary/aromatic N) is 3. The Morgan fingerprint density at radius 1 is 1.14 bits per heavy atom. The van der Waals surface area contributed by atoms with E-state index in [4.69, 9.17) is 4.74 Å². The number of aryl methyl sites for hydroxylation is 2. The van der Waals surface area contributed by atoms with Gasteiger partial charge in [0.25, 0.3) is 0 Å². The van der Waals surface area contributed by atoms with Gasteiger partial charge < -0.3 is 15.4 Å². The third-order valence-electron chi connectivity index (χ3n) is 6.41. The molecule has 186 valence electrons. The Morgan fingerprint density at radius 2 is 1.91 bits per heavy atom. The number of hydrogen-bond acceptors (Lipinski definition) is 4. The highest BCUT2D eigenvalue weighted by Crippen LogP contribution is 2.32. The highest BCUT2D eigenvalue weighted by molar-refractivity contribution is 5.94. The number of halogens is 2. The summed E-state index contributed by atoms with van der Waals surface area (Å²) in [6.45, 7) is 6.91. The predicted molar refractivity (Wildman–Crippen MR) is 131 cm³/mol. The first kappa shape index (κ1) is 24.8. The van der Waals surface area contributed by atoms with Crippen molar-refractivity contribution in [1.29, 1.82) is 0 Å². The molecule has 0 saturated carbocycles. The molecule has 2 amide bonds. The largest absolute Gasteiger partial charge is 0.383 e. The molecular weight excluding hydrogens is 452 g/mol. The fourth-order valence-corrected chi connectivity index (χ4v) is 4.68. The zero-order valence-corrected chi connectivity index (χ0v) is 20.2. The molecule has 1 fully saturated rings. The molecule has 0 bridgehead atoms. The molecule has 1 aromatic heterocycles. The second-order valence-electron chi connectivity index (χ2n) is 8.73. The number of carbonyl (C=O) groups is 1. The lowest BCUT2D eigenvalue weighted by molar-refractivity contribution is 0.159. The molecule has 4 rings (SSSR count). The van der Waals surface area contributed by atoms with Crippen LogP contribution in [0.15, 0.2) is 48.5 Å². The summed E-state index contributed by atoms with van der Waals surface area (Å²) in [7, 11) is 1.63. The van der Waals surface area contributed by atoms with Gasteiger partial charge in [0.2, 0.25) is 0 Å². The van der Waals surface area contributed by atoms with E-state index in [9.17, 15) is 13.6 Å². The Hall–Kier alpha value is -3.30. The number of methoxy groups -OCH3 is 1. The van der Waals surface area contributed by atoms with Crippen LogP contribution >= 0.6 is 0 Å². The molecule has 35 heavy (non-hydrogen) atoms. The van der Waals surface area contributed by atoms with Crippen molar-refractivity contribution in [3.8, 4) is 11.3 Å². The van der Waals surface area contributed by atoms with Crippen LogP contribution in [0.5, 0.6) is 0 Å². The maximum atomic E-state index is 14.0. The zero-order valence-electron chi connectivity index (χ0n) is 20.2. The second kappa shape index (κ2) is 11.0. The maximum Gasteiger partial charge on any atom is 0.319 e. The van der Waals surface area contributed by atoms with Crippen LogP contribution in [0.4, 0.5) is 19.3 Å². The van der Waals surface area contributed by atoms with Crippen LogP contribution in [0, 0.1) is 18.6 Å². The number of benzene rings is 2. The molecule has 0 spiro atoms. The van der Waals surface area contributed by atoms with Gasteiger partial charge in [0.15, 0.2) is 11.6 Å². The van der Waals surface area contributed by atoms with Gasteiger partial charge in [0.1, 0.15) is 0 Å². The van der Waals surface area contributed by atoms with Crippen molar-refractivity contribution < 1.29 is 18.3 Å². The van der Waals surface area contributed by atoms with Crippen LogP contribution in [0.25, 0.3) is 11.3 Å². The van der Waals surface area contributed by atoms with Crippen LogP contribution in [0.2, 0.25) is 0 Å². The molecule has 2 aromatic carbocycles. The lowest BCUT2D eigenvalue weighted by Gasteiger charge is -2.21. The van der Waals surface area contributed by atoms with Crippen LogP contribution in [0.3, 0.4) is 0 Å². The lowest BCUT2D eigenvalue weighted by Crippen LogP contribution is -2.42. The molecule has 9 heteroatoms. The predicted octanol–water partition coefficient (Wildman–Crippen LogP) is 4.39. The molecule has 2 atom stereocenters. The fourth-order valence-electron chi connectivity index (χ4n) is 4.68. The standard InChI is InChI=1S/C26H31F2N5O2/c1-4-33-25(18-8-6-5-7-9-18)24(17(2)31-33)30-26(34)29-23-16-32(12-13-35-3)15-20(23)19-10-11-21(27)22(28)14-19/h5-11,14,20,23H,4,12-13,15-16H2,1-3H3,(H2,29,30,34)/t20-,23+/m0/s1. The van der Waals surface area contributed by atoms with Gasteiger partial charge in [-0.15, -0.1) is 0 Å². The van der Waals surface area contributed by atoms with Crippen molar-refractivity contribution in [2.24, 2.45) is 0 Å². The first-order chi connectivity index (χ1) is 16.9. The number of rotatable bonds is 8. The van der Waals surface area contributed by atoms with Gasteiger partial charge in [-0.05, 0) is 31.5 Å². The molecule has 7 nitrogen and oxygen atoms in total. The lowest BCUT2D eigenvalue weighted by atomic mass is 9.94. The number of hydrogen-bond donors (Lipinski definition) is 2. The summed E-state index contributed by atoms with van der Waals surface area (Å²) in [5.74, 6) is -1.97. The molecule has 2 N–H and O–H groups in total. The van der Waals surface area contributed by atoms with Crippen molar-refractivity contribution in [3.63, 3.8) is 0 Å². The highest BCUT2D eigenvalue weighted by Gasteiger charge is 2.35. The molecule has 1 aliphatic rings. The molecule has 1 saturated heterocycles. The second-order valence-corrected chi connectivity index (χ2v) is 8.73. The topological polar surface area (TPSA) is 71.4 Å². The average Bonchev–Trinajstić information content (AvgIpc) is 3.40. The molecule has 2 heterocycles. The van der Waals surface area contributed by atoms with Gasteiger partial charge in [-0.3, -0.25) is 9.58 Å². The van der Waals surface area contributed by atoms with Gasteiger partial charge in [0, 0.05) is 44.8 Å². The fraction of sp³-hybridized carbons (Fsp3) is 0.385. The van der Waals surface area contributed by atoms with E-state index in [1.165, 1.54) is 6.07 Å². The number of nitrogens with one attached hydrogen (secondary N) is 2. The van der Waals surface area contributed by atoms with Gasteiger partial charge in [-0.2, -0.15) is 5.10 Å². The molecular formula is C26H31F2N5O2. The van der Waals surface area contributed by atoms with E-state index in [2.05, 4.69) is 20.6 Å². The number of carbonyl (C=O) groups excluding carboxylic acids is 1. The Kier molecular flexibility index (Phi) is 7.77. The summed E-state index contributed by atoms with van der Waals surface area (Å²) in [4.78, 5) is 15.3. The molecule has 0 radical (unpaired) electrons. The number of aromatic nitrogens is 2. The van der Waals surface area contributed by atoms with Crippen LogP contribution < -0.4 is 10.6 Å². The zero-order chi connectivity index (χ0) is 24.9. The van der Waals surface area contributed by atoms with Gasteiger partial charge >= 0.3 is 6.03 Å². The third kappa shape index (κ3) is 5.52. The van der Waals surface area contributed by atoms with E-state index in [1.807, 2.05) is 48.9 Å². The highest BCUT2D eigenvalue weighted by atomic mass is 19.2. The molecule has 0 unspecified atom stereocenters. The smallest absolute Gasteiger partial charge is 0.319 e. The third-order valence-corrected chi connectivity index (χ3v) is 6.41. The molecule has 3 aromatic rings. The van der Waals surface area contributed by atoms with E-state index >= 15 is 0 Å². The summed E-state index contributed by atoms with van der Waals surface area (Å²) in [6, 6.07) is 13.1. The first-order valence-electron chi connectivity index (χ1n) is 11.8. The first-order valence-corrected chi connectivity index (χ1v) is 11.8. The minimum Gasteiger partial charge on any atom is -0.383 e. The van der Waals surface area contributed by atoms with Crippen molar-refractivity contribution in [3.05, 3.63) is 71.4 Å². The Bertz CT molecular complexity index is 1170. The summed E-state index contributed by atoms with van der Waals surface area (Å²) < 4.78 is 34.6. The number of amides is 2. The van der Waals surface area contributed by atoms with Gasteiger partial charge in [-0.1, -0.05) is 36.4 Å². The van der Waals surface area contributed by atoms with E-state index in [0.717, 1.165) is 17.3 Å². The minimum absolute atomic E-state index is 0.194. The number of ether oxygens (including phenoxy) is 1. The van der Waals surface area contributed by atoms with Crippen molar-refractivity contribution in [2.45, 2.75) is 32.4 Å². The minimum atomic E-state index is -0.892. The normalized spacial score (nSPS) is 18.1. The van der Waals surface area contributed by atoms with Crippen LogP contribution in [0.1, 0.15) is 24.1 Å². The van der Waals surface area contributed by atoms with Gasteiger partial charge in [0.05, 0.1) is 29.7 Å². The number of urea groups is 1. The molecule has 1 aliphatic heterocycles. The van der Waals surface area contributed by atoms with Crippen molar-refractivity contribution >= 4 is 11.7 Å².